The lowest BCUT2D eigenvalue weighted by atomic mass is 9.99. The first-order chi connectivity index (χ1) is 59.7. The molecule has 1 saturated heterocycles. The van der Waals surface area contributed by atoms with Crippen LogP contribution in [0, 0.1) is 13.8 Å². The summed E-state index contributed by atoms with van der Waals surface area (Å²) in [5.41, 5.74) is 7.96. The number of carbonyl (C=O) groups excluding carboxylic acids is 4. The van der Waals surface area contributed by atoms with Gasteiger partial charge in [-0.1, -0.05) is 198 Å². The summed E-state index contributed by atoms with van der Waals surface area (Å²) in [4.78, 5) is 51.8. The molecular weight excluding hydrogens is 1700 g/mol. The highest BCUT2D eigenvalue weighted by molar-refractivity contribution is 7.97. The highest BCUT2D eigenvalue weighted by Gasteiger charge is 2.30. The van der Waals surface area contributed by atoms with Gasteiger partial charge in [-0.05, 0) is 261 Å². The van der Waals surface area contributed by atoms with E-state index in [9.17, 15) is 58.1 Å². The highest BCUT2D eigenvalue weighted by Crippen LogP contribution is 2.34. The minimum atomic E-state index is -4.74. The fraction of sp³-hybridized carbons (Fsp3) is 0.253. The third kappa shape index (κ3) is 32.9. The molecule has 26 heteroatoms. The number of rotatable bonds is 29. The Morgan fingerprint density at radius 2 is 0.872 bits per heavy atom. The van der Waals surface area contributed by atoms with E-state index in [4.69, 9.17) is 33.2 Å². The topological polar surface area (TPSA) is 304 Å². The number of methoxy groups -OCH3 is 1. The van der Waals surface area contributed by atoms with Gasteiger partial charge in [-0.3, -0.25) is 4.79 Å². The molecule has 0 aliphatic carbocycles. The Morgan fingerprint density at radius 1 is 0.440 bits per heavy atom. The summed E-state index contributed by atoms with van der Waals surface area (Å²) in [6, 6.07) is 85.6. The van der Waals surface area contributed by atoms with Crippen LogP contribution in [0.1, 0.15) is 152 Å². The van der Waals surface area contributed by atoms with Gasteiger partial charge in [-0.25, -0.2) is 39.6 Å². The van der Waals surface area contributed by atoms with Crippen LogP contribution < -0.4 is 28.4 Å². The van der Waals surface area contributed by atoms with Crippen LogP contribution in [-0.2, 0) is 85.7 Å². The number of carbonyl (C=O) groups is 4. The molecule has 1 aliphatic rings. The summed E-state index contributed by atoms with van der Waals surface area (Å²) in [6.45, 7) is 19.9. The van der Waals surface area contributed by atoms with Crippen molar-refractivity contribution in [2.75, 3.05) is 44.2 Å². The predicted molar refractivity (Wildman–Crippen MR) is 493 cm³/mol. The molecule has 13 rings (SSSR count). The summed E-state index contributed by atoms with van der Waals surface area (Å²) in [5.74, 6) is 4.48. The van der Waals surface area contributed by atoms with E-state index in [2.05, 4.69) is 159 Å². The SMILES string of the molecule is CCC(C)c1ccc(OC(=O)c2ccccc2S(=O)(=O)[O-])cc1.CCC(C)c1ccc(OCC(=O)Oc2ccc(S(=O)(=O)[O-])cc2OC)cc1.CCC(C)c1ccc(OCC(=O)Oc2ccc3cc(S(=O)(=O)[O-])ccc3c2)cc1.CCOCc1ccc([SH2+])cc1.Cc1ccc([S+](c2ccccc2)c2ccc(C)cc2)cc1.O=C(C[S+]1CCCC1)c1ccccc1. The van der Waals surface area contributed by atoms with Crippen LogP contribution >= 0.6 is 0 Å². The van der Waals surface area contributed by atoms with E-state index in [1.165, 1.54) is 122 Å². The van der Waals surface area contributed by atoms with Gasteiger partial charge in [-0.2, -0.15) is 0 Å². The average Bonchev–Trinajstić information content (AvgIpc) is 1.39. The van der Waals surface area contributed by atoms with Crippen molar-refractivity contribution in [3.05, 3.63) is 330 Å². The highest BCUT2D eigenvalue weighted by atomic mass is 32.2. The molecule has 12 aromatic carbocycles. The molecule has 3 atom stereocenters. The normalized spacial score (nSPS) is 12.5. The molecule has 0 bridgehead atoms. The van der Waals surface area contributed by atoms with Crippen LogP contribution in [0.5, 0.6) is 34.5 Å². The second-order valence-corrected chi connectivity index (χ2v) is 38.2. The van der Waals surface area contributed by atoms with Crippen molar-refractivity contribution in [1.29, 1.82) is 0 Å². The maximum atomic E-state index is 12.1. The van der Waals surface area contributed by atoms with Gasteiger partial charge in [0.1, 0.15) is 69.8 Å². The number of esters is 3. The van der Waals surface area contributed by atoms with Gasteiger partial charge < -0.3 is 46.8 Å². The van der Waals surface area contributed by atoms with E-state index in [1.807, 2.05) is 97.9 Å². The second-order valence-electron chi connectivity index (χ2n) is 29.1. The molecule has 658 valence electrons. The zero-order valence-electron chi connectivity index (χ0n) is 71.6. The van der Waals surface area contributed by atoms with E-state index in [0.717, 1.165) is 65.8 Å². The lowest BCUT2D eigenvalue weighted by Gasteiger charge is -2.13. The smallest absolute Gasteiger partial charge is 0.349 e. The first-order valence-corrected chi connectivity index (χ1v) is 48.3. The van der Waals surface area contributed by atoms with E-state index >= 15 is 0 Å². The van der Waals surface area contributed by atoms with Crippen molar-refractivity contribution in [3.8, 4) is 34.5 Å². The second kappa shape index (κ2) is 49.7. The van der Waals surface area contributed by atoms with Gasteiger partial charge in [0.05, 0.1) is 44.9 Å². The number of aryl methyl sites for hydroxylation is 2. The van der Waals surface area contributed by atoms with Crippen LogP contribution in [0.4, 0.5) is 0 Å². The van der Waals surface area contributed by atoms with Crippen molar-refractivity contribution in [2.24, 2.45) is 0 Å². The number of hydrogen-bond acceptors (Lipinski definition) is 20. The van der Waals surface area contributed by atoms with Gasteiger partial charge in [0.25, 0.3) is 0 Å². The molecule has 0 saturated carbocycles. The molecule has 1 heterocycles. The van der Waals surface area contributed by atoms with Gasteiger partial charge in [-0.15, -0.1) is 0 Å². The Morgan fingerprint density at radius 3 is 1.35 bits per heavy atom. The molecule has 0 aromatic heterocycles. The lowest BCUT2D eigenvalue weighted by Crippen LogP contribution is -2.18. The Bertz CT molecular complexity index is 5740. The summed E-state index contributed by atoms with van der Waals surface area (Å²) in [7, 11) is -12.3. The van der Waals surface area contributed by atoms with Crippen LogP contribution in [-0.4, -0.2) is 107 Å². The molecule has 125 heavy (non-hydrogen) atoms. The van der Waals surface area contributed by atoms with E-state index in [0.29, 0.717) is 74.8 Å². The number of hydrogen-bond donors (Lipinski definition) is 0. The van der Waals surface area contributed by atoms with Gasteiger partial charge >= 0.3 is 17.9 Å². The molecule has 0 spiro atoms. The average molecular weight is 1810 g/mol. The molecule has 0 amide bonds. The van der Waals surface area contributed by atoms with Crippen molar-refractivity contribution in [2.45, 2.75) is 153 Å². The molecule has 20 nitrogen and oxygen atoms in total. The zero-order chi connectivity index (χ0) is 90.6. The molecule has 3 unspecified atom stereocenters. The quantitative estimate of drug-likeness (QED) is 0.0138. The largest absolute Gasteiger partial charge is 0.744 e. The third-order valence-corrected chi connectivity index (χ3v) is 27.4. The van der Waals surface area contributed by atoms with E-state index < -0.39 is 58.1 Å². The summed E-state index contributed by atoms with van der Waals surface area (Å²) in [6.07, 6.45) is 5.72. The van der Waals surface area contributed by atoms with Crippen LogP contribution in [0.2, 0.25) is 0 Å². The zero-order valence-corrected chi connectivity index (χ0v) is 76.6. The minimum Gasteiger partial charge on any atom is -0.744 e. The van der Waals surface area contributed by atoms with Gasteiger partial charge in [0.15, 0.2) is 45.2 Å². The number of Topliss-reactive ketones (excluding diaryl/α,β-unsaturated/α-hetero) is 1. The van der Waals surface area contributed by atoms with E-state index in [-0.39, 0.29) is 46.1 Å². The number of ketones is 1. The van der Waals surface area contributed by atoms with E-state index in [1.54, 1.807) is 36.4 Å². The molecule has 12 aromatic rings. The van der Waals surface area contributed by atoms with Gasteiger partial charge in [0.2, 0.25) is 5.78 Å². The Kier molecular flexibility index (Phi) is 39.6. The third-order valence-electron chi connectivity index (χ3n) is 19.9. The summed E-state index contributed by atoms with van der Waals surface area (Å²) >= 11 is 3.42. The predicted octanol–water partition coefficient (Wildman–Crippen LogP) is 19.9. The fourth-order valence-corrected chi connectivity index (χ4v) is 18.3. The Balaban J connectivity index is 0.000000190. The van der Waals surface area contributed by atoms with Gasteiger partial charge in [0, 0.05) is 18.2 Å². The molecule has 0 radical (unpaired) electrons. The molecule has 0 N–H and O–H groups in total. The van der Waals surface area contributed by atoms with Crippen molar-refractivity contribution < 1.29 is 91.2 Å². The van der Waals surface area contributed by atoms with Crippen LogP contribution in [0.15, 0.2) is 319 Å². The van der Waals surface area contributed by atoms with Crippen LogP contribution in [0.25, 0.3) is 10.8 Å². The maximum Gasteiger partial charge on any atom is 0.349 e. The maximum absolute atomic E-state index is 12.1. The number of benzene rings is 12. The van der Waals surface area contributed by atoms with Crippen molar-refractivity contribution in [3.63, 3.8) is 0 Å². The molecule has 1 fully saturated rings. The monoisotopic (exact) mass is 1810 g/mol. The summed E-state index contributed by atoms with van der Waals surface area (Å²) in [5, 5.41) is 1.20. The number of ether oxygens (including phenoxy) is 7. The first-order valence-electron chi connectivity index (χ1n) is 40.7. The molecular formula is C99H106O20S6. The Hall–Kier alpha value is -10.9. The molecule has 1 aliphatic heterocycles. The standard InChI is InChI=1S/C22H22O6S.C20H19S.C19H22O7S.C17H18O5S.C12H15OS.C9H12OS/c1-3-15(2)16-4-8-19(9-5-16)27-14-22(23)28-20-10-6-18-13-21(29(24,25)26)11-7-17(18)12-20;1-16-8-12-19(13-9-16)21(18-6-4-3-5-7-18)20-14-10-17(2)11-15-20;1-4-13(2)14-5-7-15(8-6-14)25-12-19(20)26-17-10-9-16(27(21,22)23)11-18(17)24-3;1-3-12(2)13-8-10-14(11-9-13)22-17(18)15-6-4-5-7-16(15)23(19,20)21;13-12(10-14-8-4-5-9-14)11-6-2-1-3-7-11;1-2-10-7-8-3-5-9(11)6-4-8/h4-13,15H,3,14H2,1-2H3,(H,24,25,26);3-15H,1-2H3;5-11,13H,4,12H2,1-3H3,(H,21,22,23);4-12H,3H2,1-2H3,(H,19,20,21);1-3,6-7H,4-5,8-10H2;3-6,11H,2,7H2,1H3/q;+1;;;+1;/p-2. The lowest BCUT2D eigenvalue weighted by molar-refractivity contribution is -0.137. The van der Waals surface area contributed by atoms with Crippen molar-refractivity contribution >= 4 is 99.2 Å². The first kappa shape index (κ1) is 99.5. The van der Waals surface area contributed by atoms with Crippen LogP contribution in [0.3, 0.4) is 0 Å². The fourth-order valence-electron chi connectivity index (χ4n) is 12.2. The number of fused-ring (bicyclic) bond motifs is 1. The summed E-state index contributed by atoms with van der Waals surface area (Å²) < 4.78 is 137. The van der Waals surface area contributed by atoms with Crippen molar-refractivity contribution in [1.82, 2.24) is 0 Å². The Labute approximate surface area is 746 Å². The minimum absolute atomic E-state index is 0.00869.